The van der Waals surface area contributed by atoms with Gasteiger partial charge in [0.2, 0.25) is 0 Å². The van der Waals surface area contributed by atoms with Crippen molar-refractivity contribution in [1.82, 2.24) is 0 Å². The van der Waals surface area contributed by atoms with E-state index in [2.05, 4.69) is 0 Å². The summed E-state index contributed by atoms with van der Waals surface area (Å²) in [4.78, 5) is 22.3. The monoisotopic (exact) mass is 339 g/mol. The number of rotatable bonds is 5. The number of carbonyl (C=O) groups is 2. The summed E-state index contributed by atoms with van der Waals surface area (Å²) >= 11 is 0. The first-order valence-electron chi connectivity index (χ1n) is 6.70. The lowest BCUT2D eigenvalue weighted by atomic mass is 10.1. The van der Waals surface area contributed by atoms with Gasteiger partial charge in [-0.2, -0.15) is 13.2 Å². The van der Waals surface area contributed by atoms with E-state index in [0.717, 1.165) is 11.6 Å². The molecule has 0 atom stereocenters. The Kier molecular flexibility index (Phi) is 5.08. The summed E-state index contributed by atoms with van der Waals surface area (Å²) < 4.78 is 42.7. The number of alkyl halides is 3. The number of hydrogen-bond acceptors (Lipinski definition) is 3. The predicted molar refractivity (Wildman–Crippen MR) is 78.9 cm³/mol. The van der Waals surface area contributed by atoms with Crippen LogP contribution in [0.1, 0.15) is 15.9 Å². The molecule has 2 rings (SSSR count). The van der Waals surface area contributed by atoms with Gasteiger partial charge in [0.1, 0.15) is 12.4 Å². The van der Waals surface area contributed by atoms with Crippen LogP contribution < -0.4 is 10.1 Å². The SMILES string of the molecule is O=C(O)c1cccc(OCc2ccccc2)c1NC(=O)C(F)(F)F. The molecule has 0 radical (unpaired) electrons. The largest absolute Gasteiger partial charge is 0.487 e. The molecule has 0 aliphatic carbocycles. The third-order valence-corrected chi connectivity index (χ3v) is 2.99. The van der Waals surface area contributed by atoms with Gasteiger partial charge in [-0.25, -0.2) is 4.79 Å². The third kappa shape index (κ3) is 4.25. The van der Waals surface area contributed by atoms with Crippen molar-refractivity contribution in [3.8, 4) is 5.75 Å². The number of hydrogen-bond donors (Lipinski definition) is 2. The predicted octanol–water partition coefficient (Wildman–Crippen LogP) is 3.46. The number of amides is 1. The maximum absolute atomic E-state index is 12.4. The van der Waals surface area contributed by atoms with Gasteiger partial charge in [-0.05, 0) is 17.7 Å². The molecule has 0 aliphatic rings. The fourth-order valence-electron chi connectivity index (χ4n) is 1.88. The molecule has 2 aromatic rings. The number of carboxylic acids is 1. The quantitative estimate of drug-likeness (QED) is 0.875. The fraction of sp³-hybridized carbons (Fsp3) is 0.125. The highest BCUT2D eigenvalue weighted by Crippen LogP contribution is 2.31. The first-order chi connectivity index (χ1) is 11.3. The summed E-state index contributed by atoms with van der Waals surface area (Å²) in [5.41, 5.74) is -0.312. The Balaban J connectivity index is 2.31. The van der Waals surface area contributed by atoms with E-state index in [0.29, 0.717) is 0 Å². The summed E-state index contributed by atoms with van der Waals surface area (Å²) in [6, 6.07) is 12.4. The van der Waals surface area contributed by atoms with E-state index in [1.165, 1.54) is 12.1 Å². The van der Waals surface area contributed by atoms with Gasteiger partial charge < -0.3 is 15.2 Å². The smallest absolute Gasteiger partial charge is 0.471 e. The van der Waals surface area contributed by atoms with Crippen molar-refractivity contribution in [2.45, 2.75) is 12.8 Å². The number of halogens is 3. The fourth-order valence-corrected chi connectivity index (χ4v) is 1.88. The van der Waals surface area contributed by atoms with Gasteiger partial charge in [-0.15, -0.1) is 0 Å². The molecular formula is C16H12F3NO4. The van der Waals surface area contributed by atoms with E-state index in [4.69, 9.17) is 9.84 Å². The third-order valence-electron chi connectivity index (χ3n) is 2.99. The number of carboxylic acid groups (broad SMARTS) is 1. The van der Waals surface area contributed by atoms with Crippen LogP contribution in [0.25, 0.3) is 0 Å². The molecule has 0 saturated carbocycles. The Morgan fingerprint density at radius 2 is 1.71 bits per heavy atom. The number of para-hydroxylation sites is 1. The van der Waals surface area contributed by atoms with Crippen LogP contribution in [-0.2, 0) is 11.4 Å². The molecule has 0 spiro atoms. The molecule has 0 fully saturated rings. The second kappa shape index (κ2) is 7.03. The lowest BCUT2D eigenvalue weighted by molar-refractivity contribution is -0.167. The molecule has 0 unspecified atom stereocenters. The zero-order valence-corrected chi connectivity index (χ0v) is 12.1. The van der Waals surface area contributed by atoms with E-state index in [-0.39, 0.29) is 12.4 Å². The minimum Gasteiger partial charge on any atom is -0.487 e. The summed E-state index contributed by atoms with van der Waals surface area (Å²) in [5.74, 6) is -3.94. The number of anilines is 1. The second-order valence-electron chi connectivity index (χ2n) is 4.71. The van der Waals surface area contributed by atoms with E-state index in [9.17, 15) is 22.8 Å². The summed E-state index contributed by atoms with van der Waals surface area (Å²) in [5, 5.41) is 10.7. The Hall–Kier alpha value is -3.03. The number of aromatic carboxylic acids is 1. The minimum absolute atomic E-state index is 0.00119. The average Bonchev–Trinajstić information content (AvgIpc) is 2.53. The molecule has 0 aliphatic heterocycles. The van der Waals surface area contributed by atoms with Gasteiger partial charge >= 0.3 is 18.1 Å². The van der Waals surface area contributed by atoms with E-state index >= 15 is 0 Å². The van der Waals surface area contributed by atoms with Crippen LogP contribution in [0.3, 0.4) is 0 Å². The number of benzene rings is 2. The van der Waals surface area contributed by atoms with Crippen molar-refractivity contribution < 1.29 is 32.6 Å². The highest BCUT2D eigenvalue weighted by molar-refractivity contribution is 6.03. The Bertz CT molecular complexity index is 745. The van der Waals surface area contributed by atoms with E-state index in [1.54, 1.807) is 35.6 Å². The Morgan fingerprint density at radius 3 is 2.29 bits per heavy atom. The lowest BCUT2D eigenvalue weighted by Crippen LogP contribution is -2.30. The van der Waals surface area contributed by atoms with Crippen molar-refractivity contribution in [3.05, 3.63) is 59.7 Å². The Morgan fingerprint density at radius 1 is 1.04 bits per heavy atom. The van der Waals surface area contributed by atoms with Gasteiger partial charge in [0.05, 0.1) is 11.3 Å². The van der Waals surface area contributed by atoms with Crippen LogP contribution >= 0.6 is 0 Å². The van der Waals surface area contributed by atoms with Crippen LogP contribution in [-0.4, -0.2) is 23.2 Å². The van der Waals surface area contributed by atoms with Crippen molar-refractivity contribution >= 4 is 17.6 Å². The molecule has 24 heavy (non-hydrogen) atoms. The average molecular weight is 339 g/mol. The van der Waals surface area contributed by atoms with Crippen LogP contribution in [0, 0.1) is 0 Å². The molecular weight excluding hydrogens is 327 g/mol. The van der Waals surface area contributed by atoms with Gasteiger partial charge in [-0.1, -0.05) is 36.4 Å². The van der Waals surface area contributed by atoms with E-state index < -0.39 is 29.3 Å². The van der Waals surface area contributed by atoms with Crippen LogP contribution in [0.15, 0.2) is 48.5 Å². The highest BCUT2D eigenvalue weighted by atomic mass is 19.4. The zero-order chi connectivity index (χ0) is 17.7. The normalized spacial score (nSPS) is 11.0. The van der Waals surface area contributed by atoms with Crippen molar-refractivity contribution in [3.63, 3.8) is 0 Å². The van der Waals surface area contributed by atoms with Crippen LogP contribution in [0.5, 0.6) is 5.75 Å². The van der Waals surface area contributed by atoms with Gasteiger partial charge in [0.25, 0.3) is 0 Å². The molecule has 5 nitrogen and oxygen atoms in total. The molecule has 0 saturated heterocycles. The first-order valence-corrected chi connectivity index (χ1v) is 6.70. The summed E-state index contributed by atoms with van der Waals surface area (Å²) in [7, 11) is 0. The molecule has 2 N–H and O–H groups in total. The number of ether oxygens (including phenoxy) is 1. The Labute approximate surface area is 134 Å². The molecule has 0 bridgehead atoms. The van der Waals surface area contributed by atoms with Gasteiger partial charge in [0.15, 0.2) is 0 Å². The van der Waals surface area contributed by atoms with Gasteiger partial charge in [0, 0.05) is 0 Å². The van der Waals surface area contributed by atoms with Gasteiger partial charge in [-0.3, -0.25) is 4.79 Å². The van der Waals surface area contributed by atoms with Crippen molar-refractivity contribution in [2.24, 2.45) is 0 Å². The summed E-state index contributed by atoms with van der Waals surface area (Å²) in [6.45, 7) is -0.00119. The topological polar surface area (TPSA) is 75.6 Å². The van der Waals surface area contributed by atoms with Crippen LogP contribution in [0.2, 0.25) is 0 Å². The number of nitrogens with one attached hydrogen (secondary N) is 1. The molecule has 0 aromatic heterocycles. The van der Waals surface area contributed by atoms with E-state index in [1.807, 2.05) is 0 Å². The maximum Gasteiger partial charge on any atom is 0.471 e. The van der Waals surface area contributed by atoms with Crippen molar-refractivity contribution in [2.75, 3.05) is 5.32 Å². The van der Waals surface area contributed by atoms with Crippen LogP contribution in [0.4, 0.5) is 18.9 Å². The molecule has 1 amide bonds. The minimum atomic E-state index is -5.15. The van der Waals surface area contributed by atoms with Crippen molar-refractivity contribution in [1.29, 1.82) is 0 Å². The standard InChI is InChI=1S/C16H12F3NO4/c17-16(18,19)15(23)20-13-11(14(21)22)7-4-8-12(13)24-9-10-5-2-1-3-6-10/h1-8H,9H2,(H,20,23)(H,21,22). The highest BCUT2D eigenvalue weighted by Gasteiger charge is 2.39. The lowest BCUT2D eigenvalue weighted by Gasteiger charge is -2.15. The molecule has 2 aromatic carbocycles. The second-order valence-corrected chi connectivity index (χ2v) is 4.71. The number of carbonyl (C=O) groups excluding carboxylic acids is 1. The molecule has 8 heteroatoms. The maximum atomic E-state index is 12.4. The first kappa shape index (κ1) is 17.3. The molecule has 126 valence electrons. The molecule has 0 heterocycles. The zero-order valence-electron chi connectivity index (χ0n) is 12.1. The summed E-state index contributed by atoms with van der Waals surface area (Å²) in [6.07, 6.45) is -5.15.